The molecule has 0 unspecified atom stereocenters. The smallest absolute Gasteiger partial charge is 0.322 e. The van der Waals surface area contributed by atoms with Crippen molar-refractivity contribution in [2.75, 3.05) is 25.0 Å². The first-order valence-corrected chi connectivity index (χ1v) is 8.68. The number of nitrogens with one attached hydrogen (secondary N) is 1. The highest BCUT2D eigenvalue weighted by molar-refractivity contribution is 6.30. The second kappa shape index (κ2) is 6.41. The van der Waals surface area contributed by atoms with Crippen molar-refractivity contribution in [2.24, 2.45) is 0 Å². The molecule has 2 aliphatic rings. The van der Waals surface area contributed by atoms with Gasteiger partial charge in [-0.2, -0.15) is 0 Å². The van der Waals surface area contributed by atoms with E-state index in [2.05, 4.69) is 17.4 Å². The zero-order valence-corrected chi connectivity index (χ0v) is 14.4. The third-order valence-electron chi connectivity index (χ3n) is 4.82. The number of amides is 3. The number of anilines is 1. The molecule has 0 aliphatic carbocycles. The highest BCUT2D eigenvalue weighted by Gasteiger charge is 2.38. The molecule has 0 bridgehead atoms. The molecule has 1 fully saturated rings. The topological polar surface area (TPSA) is 52.7 Å². The lowest BCUT2D eigenvalue weighted by molar-refractivity contribution is -0.139. The van der Waals surface area contributed by atoms with Crippen LogP contribution in [0.4, 0.5) is 10.5 Å². The molecule has 0 spiro atoms. The van der Waals surface area contributed by atoms with E-state index in [0.717, 1.165) is 12.0 Å². The fraction of sp³-hybridized carbons (Fsp3) is 0.263. The van der Waals surface area contributed by atoms with Gasteiger partial charge in [-0.3, -0.25) is 4.79 Å². The van der Waals surface area contributed by atoms with E-state index in [1.165, 1.54) is 5.56 Å². The van der Waals surface area contributed by atoms with Crippen LogP contribution < -0.4 is 5.32 Å². The Morgan fingerprint density at radius 1 is 1.16 bits per heavy atom. The lowest BCUT2D eigenvalue weighted by Gasteiger charge is -2.44. The Balaban J connectivity index is 1.55. The molecule has 2 heterocycles. The summed E-state index contributed by atoms with van der Waals surface area (Å²) in [6.07, 6.45) is 0.868. The van der Waals surface area contributed by atoms with Crippen LogP contribution in [-0.4, -0.2) is 41.4 Å². The van der Waals surface area contributed by atoms with Crippen LogP contribution in [0.1, 0.15) is 17.2 Å². The van der Waals surface area contributed by atoms with Crippen molar-refractivity contribution in [3.8, 4) is 0 Å². The van der Waals surface area contributed by atoms with Crippen LogP contribution in [0.15, 0.2) is 48.5 Å². The summed E-state index contributed by atoms with van der Waals surface area (Å²) in [5, 5.41) is 3.38. The van der Waals surface area contributed by atoms with Gasteiger partial charge in [-0.15, -0.1) is 0 Å². The maximum absolute atomic E-state index is 12.6. The monoisotopic (exact) mass is 355 g/mol. The summed E-state index contributed by atoms with van der Waals surface area (Å²) in [6.45, 7) is 1.31. The number of halogens is 1. The van der Waals surface area contributed by atoms with Crippen molar-refractivity contribution >= 4 is 29.2 Å². The van der Waals surface area contributed by atoms with Crippen LogP contribution in [0.25, 0.3) is 0 Å². The first kappa shape index (κ1) is 16.0. The second-order valence-electron chi connectivity index (χ2n) is 6.37. The van der Waals surface area contributed by atoms with Gasteiger partial charge in [0.05, 0.1) is 6.04 Å². The lowest BCUT2D eigenvalue weighted by Crippen LogP contribution is -2.56. The molecule has 1 atom stereocenters. The number of fused-ring (bicyclic) bond motifs is 3. The number of carbonyl (C=O) groups excluding carboxylic acids is 2. The van der Waals surface area contributed by atoms with E-state index < -0.39 is 0 Å². The molecular weight excluding hydrogens is 338 g/mol. The highest BCUT2D eigenvalue weighted by Crippen LogP contribution is 2.33. The molecule has 25 heavy (non-hydrogen) atoms. The summed E-state index contributed by atoms with van der Waals surface area (Å²) in [5.41, 5.74) is 3.02. The van der Waals surface area contributed by atoms with Gasteiger partial charge in [0, 0.05) is 23.8 Å². The molecule has 2 aliphatic heterocycles. The number of hydrogen-bond acceptors (Lipinski definition) is 2. The number of rotatable bonds is 1. The van der Waals surface area contributed by atoms with Gasteiger partial charge < -0.3 is 15.1 Å². The number of carbonyl (C=O) groups is 2. The zero-order valence-electron chi connectivity index (χ0n) is 13.6. The second-order valence-corrected chi connectivity index (χ2v) is 6.81. The van der Waals surface area contributed by atoms with Crippen molar-refractivity contribution in [2.45, 2.75) is 12.5 Å². The van der Waals surface area contributed by atoms with Crippen molar-refractivity contribution in [3.63, 3.8) is 0 Å². The molecule has 2 aromatic carbocycles. The van der Waals surface area contributed by atoms with E-state index in [1.807, 2.05) is 17.0 Å². The highest BCUT2D eigenvalue weighted by atomic mass is 35.5. The van der Waals surface area contributed by atoms with E-state index in [-0.39, 0.29) is 24.5 Å². The van der Waals surface area contributed by atoms with Gasteiger partial charge in [0.2, 0.25) is 5.91 Å². The molecule has 0 aromatic heterocycles. The first-order chi connectivity index (χ1) is 12.1. The molecule has 1 N–H and O–H groups in total. The molecule has 0 saturated carbocycles. The van der Waals surface area contributed by atoms with Crippen molar-refractivity contribution in [1.82, 2.24) is 9.80 Å². The molecule has 3 amide bonds. The van der Waals surface area contributed by atoms with E-state index in [0.29, 0.717) is 23.8 Å². The number of hydrogen-bond donors (Lipinski definition) is 1. The summed E-state index contributed by atoms with van der Waals surface area (Å²) >= 11 is 5.96. The molecule has 0 radical (unpaired) electrons. The Morgan fingerprint density at radius 3 is 2.84 bits per heavy atom. The normalized spacial score (nSPS) is 19.2. The Labute approximate surface area is 151 Å². The van der Waals surface area contributed by atoms with Gasteiger partial charge in [0.1, 0.15) is 6.54 Å². The third-order valence-corrected chi connectivity index (χ3v) is 5.05. The van der Waals surface area contributed by atoms with Gasteiger partial charge >= 0.3 is 6.03 Å². The minimum absolute atomic E-state index is 0.00741. The summed E-state index contributed by atoms with van der Waals surface area (Å²) < 4.78 is 0. The average molecular weight is 356 g/mol. The van der Waals surface area contributed by atoms with Crippen LogP contribution in [0.3, 0.4) is 0 Å². The molecule has 128 valence electrons. The van der Waals surface area contributed by atoms with Crippen LogP contribution in [0.5, 0.6) is 0 Å². The number of nitrogens with zero attached hydrogens (tertiary/aromatic N) is 2. The minimum atomic E-state index is -0.279. The van der Waals surface area contributed by atoms with Crippen molar-refractivity contribution in [3.05, 3.63) is 64.7 Å². The average Bonchev–Trinajstić information content (AvgIpc) is 2.61. The van der Waals surface area contributed by atoms with Gasteiger partial charge in [-0.05, 0) is 35.7 Å². The van der Waals surface area contributed by atoms with Crippen molar-refractivity contribution in [1.29, 1.82) is 0 Å². The summed E-state index contributed by atoms with van der Waals surface area (Å²) in [7, 11) is 0. The molecular formula is C19H18ClN3O2. The SMILES string of the molecule is O=C(Nc1cccc(Cl)c1)N1CC(=O)N2CCc3ccccc3[C@@H]2C1. The Morgan fingerprint density at radius 2 is 2.00 bits per heavy atom. The van der Waals surface area contributed by atoms with E-state index >= 15 is 0 Å². The Hall–Kier alpha value is -2.53. The van der Waals surface area contributed by atoms with Crippen molar-refractivity contribution < 1.29 is 9.59 Å². The Kier molecular flexibility index (Phi) is 4.09. The van der Waals surface area contributed by atoms with Crippen LogP contribution >= 0.6 is 11.6 Å². The van der Waals surface area contributed by atoms with Gasteiger partial charge in [0.25, 0.3) is 0 Å². The molecule has 2 aromatic rings. The fourth-order valence-corrected chi connectivity index (χ4v) is 3.79. The number of piperazine rings is 1. The standard InChI is InChI=1S/C19H18ClN3O2/c20-14-5-3-6-15(10-14)21-19(25)22-11-17-16-7-2-1-4-13(16)8-9-23(17)18(24)12-22/h1-7,10,17H,8-9,11-12H2,(H,21,25)/t17-/m0/s1. The first-order valence-electron chi connectivity index (χ1n) is 8.30. The molecule has 5 nitrogen and oxygen atoms in total. The minimum Gasteiger partial charge on any atom is -0.332 e. The quantitative estimate of drug-likeness (QED) is 0.853. The zero-order chi connectivity index (χ0) is 17.4. The number of urea groups is 1. The molecule has 6 heteroatoms. The van der Waals surface area contributed by atoms with Gasteiger partial charge in [-0.25, -0.2) is 4.79 Å². The molecule has 4 rings (SSSR count). The summed E-state index contributed by atoms with van der Waals surface area (Å²) in [5.74, 6) is -0.00741. The Bertz CT molecular complexity index is 839. The molecule has 1 saturated heterocycles. The van der Waals surface area contributed by atoms with Gasteiger partial charge in [0.15, 0.2) is 0 Å². The summed E-state index contributed by atoms with van der Waals surface area (Å²) in [4.78, 5) is 28.6. The third kappa shape index (κ3) is 3.07. The predicted molar refractivity (Wildman–Crippen MR) is 96.6 cm³/mol. The van der Waals surface area contributed by atoms with E-state index in [4.69, 9.17) is 11.6 Å². The number of benzene rings is 2. The maximum atomic E-state index is 12.6. The lowest BCUT2D eigenvalue weighted by atomic mass is 9.91. The van der Waals surface area contributed by atoms with E-state index in [9.17, 15) is 9.59 Å². The fourth-order valence-electron chi connectivity index (χ4n) is 3.60. The van der Waals surface area contributed by atoms with Gasteiger partial charge in [-0.1, -0.05) is 41.9 Å². The van der Waals surface area contributed by atoms with Crippen LogP contribution in [-0.2, 0) is 11.2 Å². The maximum Gasteiger partial charge on any atom is 0.322 e. The van der Waals surface area contributed by atoms with E-state index in [1.54, 1.807) is 29.2 Å². The van der Waals surface area contributed by atoms with Crippen LogP contribution in [0, 0.1) is 0 Å². The van der Waals surface area contributed by atoms with Crippen LogP contribution in [0.2, 0.25) is 5.02 Å². The predicted octanol–water partition coefficient (Wildman–Crippen LogP) is 3.31. The largest absolute Gasteiger partial charge is 0.332 e. The summed E-state index contributed by atoms with van der Waals surface area (Å²) in [6, 6.07) is 14.8.